The highest BCUT2D eigenvalue weighted by Crippen LogP contribution is 2.26. The smallest absolute Gasteiger partial charge is 0.221 e. The van der Waals surface area contributed by atoms with Crippen molar-refractivity contribution in [1.29, 1.82) is 0 Å². The van der Waals surface area contributed by atoms with Crippen LogP contribution in [-0.2, 0) is 16.1 Å². The Morgan fingerprint density at radius 3 is 3.10 bits per heavy atom. The van der Waals surface area contributed by atoms with Crippen molar-refractivity contribution in [3.8, 4) is 0 Å². The van der Waals surface area contributed by atoms with Gasteiger partial charge in [-0.25, -0.2) is 4.98 Å². The Balaban J connectivity index is 1.86. The second-order valence-corrected chi connectivity index (χ2v) is 6.11. The van der Waals surface area contributed by atoms with Crippen molar-refractivity contribution in [3.05, 3.63) is 18.2 Å². The van der Waals surface area contributed by atoms with Gasteiger partial charge in [0.05, 0.1) is 24.7 Å². The molecule has 6 nitrogen and oxygen atoms in total. The molecule has 1 saturated heterocycles. The second-order valence-electron chi connectivity index (χ2n) is 6.11. The summed E-state index contributed by atoms with van der Waals surface area (Å²) in [5.74, 6) is 0.880. The van der Waals surface area contributed by atoms with Gasteiger partial charge in [0.15, 0.2) is 0 Å². The Hall–Kier alpha value is -1.40. The zero-order valence-electron chi connectivity index (χ0n) is 12.9. The average molecular weight is 294 g/mol. The second kappa shape index (κ2) is 7.56. The Bertz CT molecular complexity index is 452. The SMILES string of the molecule is CC(C)CNC(=O)CCn1cncc1C(N)C1CCOC1. The number of imidazole rings is 1. The fraction of sp³-hybridized carbons (Fsp3) is 0.733. The van der Waals surface area contributed by atoms with Crippen molar-refractivity contribution >= 4 is 5.91 Å². The molecule has 0 aliphatic carbocycles. The predicted molar refractivity (Wildman–Crippen MR) is 80.5 cm³/mol. The lowest BCUT2D eigenvalue weighted by molar-refractivity contribution is -0.121. The van der Waals surface area contributed by atoms with Gasteiger partial charge in [-0.3, -0.25) is 4.79 Å². The number of aromatic nitrogens is 2. The van der Waals surface area contributed by atoms with Gasteiger partial charge >= 0.3 is 0 Å². The Morgan fingerprint density at radius 1 is 1.62 bits per heavy atom. The van der Waals surface area contributed by atoms with E-state index in [1.807, 2.05) is 4.57 Å². The van der Waals surface area contributed by atoms with Crippen molar-refractivity contribution in [3.63, 3.8) is 0 Å². The van der Waals surface area contributed by atoms with E-state index in [2.05, 4.69) is 24.1 Å². The summed E-state index contributed by atoms with van der Waals surface area (Å²) in [5, 5.41) is 2.92. The molecule has 1 aliphatic heterocycles. The standard InChI is InChI=1S/C15H26N4O2/c1-11(2)7-18-14(20)3-5-19-10-17-8-13(19)15(16)12-4-6-21-9-12/h8,10-12,15H,3-7,9,16H2,1-2H3,(H,18,20). The number of carbonyl (C=O) groups excluding carboxylic acids is 1. The first-order valence-corrected chi connectivity index (χ1v) is 7.68. The topological polar surface area (TPSA) is 82.2 Å². The summed E-state index contributed by atoms with van der Waals surface area (Å²) >= 11 is 0. The quantitative estimate of drug-likeness (QED) is 0.788. The molecule has 2 atom stereocenters. The molecule has 2 rings (SSSR count). The Morgan fingerprint density at radius 2 is 2.43 bits per heavy atom. The van der Waals surface area contributed by atoms with Crippen LogP contribution in [0.25, 0.3) is 0 Å². The van der Waals surface area contributed by atoms with Gasteiger partial charge in [-0.1, -0.05) is 13.8 Å². The van der Waals surface area contributed by atoms with Crippen LogP contribution in [0.2, 0.25) is 0 Å². The number of nitrogens with zero attached hydrogens (tertiary/aromatic N) is 2. The van der Waals surface area contributed by atoms with E-state index in [4.69, 9.17) is 10.5 Å². The number of nitrogens with one attached hydrogen (secondary N) is 1. The van der Waals surface area contributed by atoms with Crippen molar-refractivity contribution < 1.29 is 9.53 Å². The van der Waals surface area contributed by atoms with E-state index in [-0.39, 0.29) is 11.9 Å². The van der Waals surface area contributed by atoms with Gasteiger partial charge in [-0.15, -0.1) is 0 Å². The summed E-state index contributed by atoms with van der Waals surface area (Å²) in [5.41, 5.74) is 7.30. The maximum atomic E-state index is 11.8. The lowest BCUT2D eigenvalue weighted by atomic mass is 9.97. The van der Waals surface area contributed by atoms with Gasteiger partial charge in [0.1, 0.15) is 0 Å². The molecule has 0 spiro atoms. The van der Waals surface area contributed by atoms with Crippen LogP contribution in [0.1, 0.15) is 38.4 Å². The van der Waals surface area contributed by atoms with Crippen LogP contribution in [0.5, 0.6) is 0 Å². The number of nitrogens with two attached hydrogens (primary N) is 1. The van der Waals surface area contributed by atoms with Gasteiger partial charge in [0, 0.05) is 38.2 Å². The average Bonchev–Trinajstić information content (AvgIpc) is 3.12. The van der Waals surface area contributed by atoms with Crippen molar-refractivity contribution in [2.75, 3.05) is 19.8 Å². The summed E-state index contributed by atoms with van der Waals surface area (Å²) in [4.78, 5) is 16.0. The predicted octanol–water partition coefficient (Wildman–Crippen LogP) is 1.08. The molecule has 1 aliphatic rings. The Labute approximate surface area is 126 Å². The number of carbonyl (C=O) groups is 1. The maximum absolute atomic E-state index is 11.8. The van der Waals surface area contributed by atoms with Gasteiger partial charge in [0.25, 0.3) is 0 Å². The highest BCUT2D eigenvalue weighted by atomic mass is 16.5. The van der Waals surface area contributed by atoms with Crippen LogP contribution in [-0.4, -0.2) is 35.2 Å². The minimum Gasteiger partial charge on any atom is -0.381 e. The van der Waals surface area contributed by atoms with Crippen LogP contribution < -0.4 is 11.1 Å². The first-order valence-electron chi connectivity index (χ1n) is 7.68. The normalized spacial score (nSPS) is 19.9. The highest BCUT2D eigenvalue weighted by molar-refractivity contribution is 5.75. The molecule has 21 heavy (non-hydrogen) atoms. The molecule has 118 valence electrons. The van der Waals surface area contributed by atoms with E-state index >= 15 is 0 Å². The minimum atomic E-state index is -0.0753. The van der Waals surface area contributed by atoms with E-state index < -0.39 is 0 Å². The lowest BCUT2D eigenvalue weighted by Gasteiger charge is -2.19. The minimum absolute atomic E-state index is 0.0705. The Kier molecular flexibility index (Phi) is 5.76. The molecule has 1 fully saturated rings. The molecular weight excluding hydrogens is 268 g/mol. The van der Waals surface area contributed by atoms with Gasteiger partial charge in [0.2, 0.25) is 5.91 Å². The zero-order chi connectivity index (χ0) is 15.2. The van der Waals surface area contributed by atoms with Crippen molar-refractivity contribution in [2.24, 2.45) is 17.6 Å². The van der Waals surface area contributed by atoms with E-state index in [0.717, 1.165) is 18.7 Å². The number of aryl methyl sites for hydroxylation is 1. The maximum Gasteiger partial charge on any atom is 0.221 e. The summed E-state index contributed by atoms with van der Waals surface area (Å²) in [6.45, 7) is 6.98. The van der Waals surface area contributed by atoms with E-state index in [9.17, 15) is 4.79 Å². The number of hydrogen-bond donors (Lipinski definition) is 2. The molecule has 0 radical (unpaired) electrons. The number of hydrogen-bond acceptors (Lipinski definition) is 4. The third kappa shape index (κ3) is 4.54. The monoisotopic (exact) mass is 294 g/mol. The van der Waals surface area contributed by atoms with Gasteiger partial charge < -0.3 is 20.4 Å². The van der Waals surface area contributed by atoms with Gasteiger partial charge in [-0.05, 0) is 12.3 Å². The van der Waals surface area contributed by atoms with E-state index in [1.165, 1.54) is 0 Å². The fourth-order valence-electron chi connectivity index (χ4n) is 2.50. The fourth-order valence-corrected chi connectivity index (χ4v) is 2.50. The van der Waals surface area contributed by atoms with Gasteiger partial charge in [-0.2, -0.15) is 0 Å². The molecule has 6 heteroatoms. The molecule has 0 saturated carbocycles. The van der Waals surface area contributed by atoms with Crippen LogP contribution in [0.15, 0.2) is 12.5 Å². The summed E-state index contributed by atoms with van der Waals surface area (Å²) in [6, 6.07) is -0.0753. The summed E-state index contributed by atoms with van der Waals surface area (Å²) < 4.78 is 7.38. The first-order chi connectivity index (χ1) is 10.1. The third-order valence-corrected chi connectivity index (χ3v) is 3.85. The highest BCUT2D eigenvalue weighted by Gasteiger charge is 2.26. The van der Waals surface area contributed by atoms with E-state index in [1.54, 1.807) is 12.5 Å². The molecule has 1 aromatic rings. The molecule has 2 unspecified atom stereocenters. The largest absolute Gasteiger partial charge is 0.381 e. The van der Waals surface area contributed by atoms with Crippen LogP contribution in [0.3, 0.4) is 0 Å². The molecule has 3 N–H and O–H groups in total. The summed E-state index contributed by atoms with van der Waals surface area (Å²) in [6.07, 6.45) is 4.99. The first kappa shape index (κ1) is 16.0. The number of ether oxygens (including phenoxy) is 1. The van der Waals surface area contributed by atoms with Crippen molar-refractivity contribution in [2.45, 2.75) is 39.3 Å². The van der Waals surface area contributed by atoms with Crippen LogP contribution in [0.4, 0.5) is 0 Å². The van der Waals surface area contributed by atoms with Crippen molar-refractivity contribution in [1.82, 2.24) is 14.9 Å². The lowest BCUT2D eigenvalue weighted by Crippen LogP contribution is -2.29. The molecule has 2 heterocycles. The molecule has 0 aromatic carbocycles. The molecular formula is C15H26N4O2. The molecule has 1 aromatic heterocycles. The molecule has 0 bridgehead atoms. The van der Waals surface area contributed by atoms with E-state index in [0.29, 0.717) is 38.0 Å². The summed E-state index contributed by atoms with van der Waals surface area (Å²) in [7, 11) is 0. The molecule has 1 amide bonds. The van der Waals surface area contributed by atoms with Crippen LogP contribution >= 0.6 is 0 Å². The number of rotatable bonds is 7. The number of amides is 1. The van der Waals surface area contributed by atoms with Crippen LogP contribution in [0, 0.1) is 11.8 Å². The zero-order valence-corrected chi connectivity index (χ0v) is 12.9. The third-order valence-electron chi connectivity index (χ3n) is 3.85.